The molecule has 0 radical (unpaired) electrons. The van der Waals surface area contributed by atoms with E-state index in [9.17, 15) is 0 Å². The van der Waals surface area contributed by atoms with E-state index in [0.717, 1.165) is 17.3 Å². The van der Waals surface area contributed by atoms with Gasteiger partial charge in [0.2, 0.25) is 0 Å². The van der Waals surface area contributed by atoms with Crippen molar-refractivity contribution < 1.29 is 4.52 Å². The summed E-state index contributed by atoms with van der Waals surface area (Å²) >= 11 is 1.51. The molecule has 0 aliphatic heterocycles. The van der Waals surface area contributed by atoms with E-state index in [2.05, 4.69) is 33.3 Å². The largest absolute Gasteiger partial charge is 0.332 e. The predicted molar refractivity (Wildman–Crippen MR) is 80.0 cm³/mol. The summed E-state index contributed by atoms with van der Waals surface area (Å²) < 4.78 is 5.36. The SMILES string of the molecule is CC(N)c1nc(-c2nc(C3Cc4ccccc43)no2)cs1. The maximum absolute atomic E-state index is 5.82. The smallest absolute Gasteiger partial charge is 0.277 e. The summed E-state index contributed by atoms with van der Waals surface area (Å²) in [6, 6.07) is 8.28. The molecule has 2 aromatic heterocycles. The van der Waals surface area contributed by atoms with Gasteiger partial charge in [-0.25, -0.2) is 4.98 Å². The van der Waals surface area contributed by atoms with Crippen LogP contribution in [0.25, 0.3) is 11.6 Å². The van der Waals surface area contributed by atoms with Crippen molar-refractivity contribution in [1.82, 2.24) is 15.1 Å². The van der Waals surface area contributed by atoms with Gasteiger partial charge in [0.15, 0.2) is 5.82 Å². The van der Waals surface area contributed by atoms with Crippen LogP contribution < -0.4 is 5.73 Å². The van der Waals surface area contributed by atoms with Gasteiger partial charge in [0.1, 0.15) is 10.7 Å². The van der Waals surface area contributed by atoms with E-state index < -0.39 is 0 Å². The molecule has 0 saturated heterocycles. The highest BCUT2D eigenvalue weighted by Gasteiger charge is 2.31. The number of rotatable bonds is 3. The zero-order chi connectivity index (χ0) is 14.4. The fourth-order valence-electron chi connectivity index (χ4n) is 2.56. The normalized spacial score (nSPS) is 18.1. The Balaban J connectivity index is 1.62. The minimum absolute atomic E-state index is 0.0790. The molecule has 4 rings (SSSR count). The molecule has 1 aliphatic carbocycles. The van der Waals surface area contributed by atoms with Crippen molar-refractivity contribution in [2.45, 2.75) is 25.3 Å². The van der Waals surface area contributed by atoms with E-state index in [1.54, 1.807) is 0 Å². The van der Waals surface area contributed by atoms with E-state index in [-0.39, 0.29) is 12.0 Å². The molecule has 6 heteroatoms. The number of hydrogen-bond donors (Lipinski definition) is 1. The van der Waals surface area contributed by atoms with Crippen LogP contribution in [-0.4, -0.2) is 15.1 Å². The van der Waals surface area contributed by atoms with Crippen molar-refractivity contribution in [3.63, 3.8) is 0 Å². The summed E-state index contributed by atoms with van der Waals surface area (Å²) in [6.07, 6.45) is 0.970. The van der Waals surface area contributed by atoms with Gasteiger partial charge in [-0.2, -0.15) is 4.98 Å². The van der Waals surface area contributed by atoms with E-state index >= 15 is 0 Å². The maximum Gasteiger partial charge on any atom is 0.277 e. The average Bonchev–Trinajstić information content (AvgIpc) is 3.08. The van der Waals surface area contributed by atoms with Gasteiger partial charge in [0.25, 0.3) is 5.89 Å². The van der Waals surface area contributed by atoms with E-state index in [1.807, 2.05) is 18.4 Å². The van der Waals surface area contributed by atoms with Gasteiger partial charge in [0.05, 0.1) is 12.0 Å². The molecule has 1 aromatic carbocycles. The molecule has 106 valence electrons. The Hall–Kier alpha value is -2.05. The molecule has 21 heavy (non-hydrogen) atoms. The molecule has 2 atom stereocenters. The zero-order valence-electron chi connectivity index (χ0n) is 11.5. The highest BCUT2D eigenvalue weighted by molar-refractivity contribution is 7.10. The first-order valence-electron chi connectivity index (χ1n) is 6.85. The highest BCUT2D eigenvalue weighted by atomic mass is 32.1. The second kappa shape index (κ2) is 4.75. The highest BCUT2D eigenvalue weighted by Crippen LogP contribution is 2.39. The Morgan fingerprint density at radius 1 is 1.33 bits per heavy atom. The number of fused-ring (bicyclic) bond motifs is 1. The molecular formula is C15H14N4OS. The van der Waals surface area contributed by atoms with Crippen molar-refractivity contribution in [2.75, 3.05) is 0 Å². The number of benzene rings is 1. The Morgan fingerprint density at radius 3 is 2.95 bits per heavy atom. The lowest BCUT2D eigenvalue weighted by atomic mass is 9.77. The average molecular weight is 298 g/mol. The fourth-order valence-corrected chi connectivity index (χ4v) is 3.32. The maximum atomic E-state index is 5.82. The monoisotopic (exact) mass is 298 g/mol. The van der Waals surface area contributed by atoms with E-state index in [0.29, 0.717) is 11.6 Å². The lowest BCUT2D eigenvalue weighted by Crippen LogP contribution is -2.19. The number of nitrogens with two attached hydrogens (primary N) is 1. The van der Waals surface area contributed by atoms with E-state index in [4.69, 9.17) is 10.3 Å². The third-order valence-electron chi connectivity index (χ3n) is 3.74. The van der Waals surface area contributed by atoms with Crippen LogP contribution in [0.3, 0.4) is 0 Å². The van der Waals surface area contributed by atoms with Crippen LogP contribution >= 0.6 is 11.3 Å². The molecule has 1 aliphatic rings. The standard InChI is InChI=1S/C15H14N4OS/c1-8(16)15-17-12(7-21-15)14-18-13(19-20-14)11-6-9-4-2-3-5-10(9)11/h2-5,7-8,11H,6,16H2,1H3. The first kappa shape index (κ1) is 12.7. The molecule has 3 aromatic rings. The van der Waals surface area contributed by atoms with Gasteiger partial charge in [-0.3, -0.25) is 0 Å². The summed E-state index contributed by atoms with van der Waals surface area (Å²) in [5.41, 5.74) is 9.18. The Bertz CT molecular complexity index is 792. The van der Waals surface area contributed by atoms with E-state index in [1.165, 1.54) is 22.5 Å². The Morgan fingerprint density at radius 2 is 2.19 bits per heavy atom. The second-order valence-corrected chi connectivity index (χ2v) is 6.16. The van der Waals surface area contributed by atoms with Gasteiger partial charge in [-0.1, -0.05) is 29.4 Å². The molecule has 0 spiro atoms. The minimum atomic E-state index is -0.0790. The minimum Gasteiger partial charge on any atom is -0.332 e. The Labute approximate surface area is 125 Å². The molecular weight excluding hydrogens is 284 g/mol. The van der Waals surface area contributed by atoms with Gasteiger partial charge < -0.3 is 10.3 Å². The molecule has 0 amide bonds. The van der Waals surface area contributed by atoms with Crippen molar-refractivity contribution >= 4 is 11.3 Å². The summed E-state index contributed by atoms with van der Waals surface area (Å²) in [6.45, 7) is 1.91. The number of aromatic nitrogens is 3. The summed E-state index contributed by atoms with van der Waals surface area (Å²) in [5, 5.41) is 6.90. The van der Waals surface area contributed by atoms with Gasteiger partial charge >= 0.3 is 0 Å². The van der Waals surface area contributed by atoms with Gasteiger partial charge in [0, 0.05) is 5.38 Å². The summed E-state index contributed by atoms with van der Waals surface area (Å²) in [7, 11) is 0. The van der Waals surface area contributed by atoms with Crippen LogP contribution in [0.4, 0.5) is 0 Å². The van der Waals surface area contributed by atoms with Crippen molar-refractivity contribution in [3.8, 4) is 11.6 Å². The first-order chi connectivity index (χ1) is 10.2. The molecule has 0 saturated carbocycles. The van der Waals surface area contributed by atoms with Crippen LogP contribution in [0.1, 0.15) is 40.8 Å². The molecule has 0 bridgehead atoms. The Kier molecular flexibility index (Phi) is 2.87. The third kappa shape index (κ3) is 2.07. The molecule has 2 unspecified atom stereocenters. The lowest BCUT2D eigenvalue weighted by Gasteiger charge is -2.27. The molecule has 2 N–H and O–H groups in total. The molecule has 2 heterocycles. The molecule has 5 nitrogen and oxygen atoms in total. The van der Waals surface area contributed by atoms with Crippen molar-refractivity contribution in [2.24, 2.45) is 5.73 Å². The quantitative estimate of drug-likeness (QED) is 0.804. The van der Waals surface area contributed by atoms with Crippen molar-refractivity contribution in [3.05, 3.63) is 51.6 Å². The van der Waals surface area contributed by atoms with Gasteiger partial charge in [-0.15, -0.1) is 11.3 Å². The second-order valence-electron chi connectivity index (χ2n) is 5.27. The zero-order valence-corrected chi connectivity index (χ0v) is 12.3. The van der Waals surface area contributed by atoms with Gasteiger partial charge in [-0.05, 0) is 24.5 Å². The molecule has 0 fully saturated rings. The summed E-state index contributed by atoms with van der Waals surface area (Å²) in [4.78, 5) is 8.94. The number of hydrogen-bond acceptors (Lipinski definition) is 6. The van der Waals surface area contributed by atoms with Crippen LogP contribution in [0.2, 0.25) is 0 Å². The first-order valence-corrected chi connectivity index (χ1v) is 7.73. The topological polar surface area (TPSA) is 77.8 Å². The fraction of sp³-hybridized carbons (Fsp3) is 0.267. The van der Waals surface area contributed by atoms with Crippen LogP contribution in [0.15, 0.2) is 34.2 Å². The number of thiazole rings is 1. The van der Waals surface area contributed by atoms with Crippen LogP contribution in [0.5, 0.6) is 0 Å². The van der Waals surface area contributed by atoms with Crippen LogP contribution in [0, 0.1) is 0 Å². The summed E-state index contributed by atoms with van der Waals surface area (Å²) in [5.74, 6) is 1.45. The lowest BCUT2D eigenvalue weighted by molar-refractivity contribution is 0.415. The number of nitrogens with zero attached hydrogens (tertiary/aromatic N) is 3. The third-order valence-corrected chi connectivity index (χ3v) is 4.78. The predicted octanol–water partition coefficient (Wildman–Crippen LogP) is 2.90. The van der Waals surface area contributed by atoms with Crippen molar-refractivity contribution in [1.29, 1.82) is 0 Å². The van der Waals surface area contributed by atoms with Crippen LogP contribution in [-0.2, 0) is 6.42 Å².